The molecule has 0 aliphatic rings. The third kappa shape index (κ3) is 3.93. The van der Waals surface area contributed by atoms with Gasteiger partial charge in [-0.05, 0) is 67.8 Å². The van der Waals surface area contributed by atoms with Crippen molar-refractivity contribution in [3.63, 3.8) is 0 Å². The minimum atomic E-state index is -1.37. The molecule has 0 saturated heterocycles. The largest absolute Gasteiger partial charge is 0.388 e. The molecule has 0 aliphatic heterocycles. The van der Waals surface area contributed by atoms with Crippen molar-refractivity contribution in [1.82, 2.24) is 0 Å². The molecule has 0 bridgehead atoms. The summed E-state index contributed by atoms with van der Waals surface area (Å²) in [7, 11) is 0. The number of halogens is 3. The molecule has 2 amide bonds. The van der Waals surface area contributed by atoms with Gasteiger partial charge in [-0.3, -0.25) is 9.59 Å². The van der Waals surface area contributed by atoms with Crippen LogP contribution in [0.25, 0.3) is 0 Å². The molecule has 6 nitrogen and oxygen atoms in total. The Hall–Kier alpha value is -0.180. The van der Waals surface area contributed by atoms with Gasteiger partial charge in [0.25, 0.3) is 0 Å². The first-order chi connectivity index (χ1) is 9.16. The predicted octanol–water partition coefficient (Wildman–Crippen LogP) is 2.99. The maximum absolute atomic E-state index is 11.3. The maximum atomic E-state index is 11.3. The molecule has 0 saturated carbocycles. The highest BCUT2D eigenvalue weighted by Gasteiger charge is 2.26. The molecule has 9 heteroatoms. The molecule has 1 aromatic rings. The number of nitrogens with one attached hydrogen (secondary N) is 2. The Kier molecular flexibility index (Phi) is 6.43. The Balaban J connectivity index is 3.68. The summed E-state index contributed by atoms with van der Waals surface area (Å²) in [5.74, 6) is -2.03. The molecular formula is C11H8I3N2O4. The molecule has 1 aromatic carbocycles. The molecule has 1 rings (SSSR count). The highest BCUT2D eigenvalue weighted by atomic mass is 127. The van der Waals surface area contributed by atoms with E-state index < -0.39 is 5.97 Å². The maximum Gasteiger partial charge on any atom is 0.388 e. The van der Waals surface area contributed by atoms with Gasteiger partial charge in [0.05, 0.1) is 27.6 Å². The van der Waals surface area contributed by atoms with Crippen LogP contribution in [0.4, 0.5) is 11.4 Å². The summed E-state index contributed by atoms with van der Waals surface area (Å²) in [6.45, 7) is 2.64. The number of anilines is 2. The van der Waals surface area contributed by atoms with Crippen molar-refractivity contribution in [3.8, 4) is 0 Å². The van der Waals surface area contributed by atoms with Crippen molar-refractivity contribution in [2.75, 3.05) is 10.6 Å². The summed E-state index contributed by atoms with van der Waals surface area (Å²) in [4.78, 5) is 33.8. The fourth-order valence-electron chi connectivity index (χ4n) is 1.41. The van der Waals surface area contributed by atoms with E-state index in [0.29, 0.717) is 22.1 Å². The van der Waals surface area contributed by atoms with Crippen LogP contribution in [0.5, 0.6) is 0 Å². The number of hydrogen-bond donors (Lipinski definition) is 2. The molecular weight excluding hydrogens is 605 g/mol. The number of benzene rings is 1. The first-order valence-corrected chi connectivity index (χ1v) is 8.37. The second-order valence-electron chi connectivity index (χ2n) is 3.72. The van der Waals surface area contributed by atoms with E-state index in [1.54, 1.807) is 0 Å². The predicted molar refractivity (Wildman–Crippen MR) is 98.2 cm³/mol. The molecule has 107 valence electrons. The van der Waals surface area contributed by atoms with E-state index in [1.807, 2.05) is 67.8 Å². The Morgan fingerprint density at radius 3 is 1.40 bits per heavy atom. The number of amides is 2. The number of carbonyl (C=O) groups is 3. The lowest BCUT2D eigenvalue weighted by Crippen LogP contribution is -2.17. The molecule has 0 heterocycles. The third-order valence-corrected chi connectivity index (χ3v) is 5.36. The summed E-state index contributed by atoms with van der Waals surface area (Å²) in [6, 6.07) is 0. The Bertz CT molecular complexity index is 573. The molecule has 1 radical (unpaired) electrons. The van der Waals surface area contributed by atoms with Crippen molar-refractivity contribution < 1.29 is 19.5 Å². The lowest BCUT2D eigenvalue weighted by molar-refractivity contribution is -0.115. The first kappa shape index (κ1) is 17.9. The third-order valence-electron chi connectivity index (χ3n) is 2.12. The van der Waals surface area contributed by atoms with Gasteiger partial charge in [-0.2, -0.15) is 0 Å². The van der Waals surface area contributed by atoms with E-state index in [1.165, 1.54) is 13.8 Å². The van der Waals surface area contributed by atoms with E-state index in [-0.39, 0.29) is 17.4 Å². The number of hydrogen-bond acceptors (Lipinski definition) is 3. The topological polar surface area (TPSA) is 95.2 Å². The van der Waals surface area contributed by atoms with Crippen LogP contribution in [0.1, 0.15) is 24.2 Å². The normalized spacial score (nSPS) is 10.1. The Morgan fingerprint density at radius 2 is 1.15 bits per heavy atom. The van der Waals surface area contributed by atoms with Gasteiger partial charge < -0.3 is 10.6 Å². The molecule has 20 heavy (non-hydrogen) atoms. The second-order valence-corrected chi connectivity index (χ2v) is 6.95. The van der Waals surface area contributed by atoms with Crippen molar-refractivity contribution in [2.45, 2.75) is 13.8 Å². The number of rotatable bonds is 3. The zero-order valence-corrected chi connectivity index (χ0v) is 16.7. The zero-order valence-electron chi connectivity index (χ0n) is 10.3. The van der Waals surface area contributed by atoms with Crippen LogP contribution in [0.15, 0.2) is 0 Å². The average molecular weight is 613 g/mol. The fourth-order valence-corrected chi connectivity index (χ4v) is 5.56. The van der Waals surface area contributed by atoms with Gasteiger partial charge in [-0.15, -0.1) is 0 Å². The van der Waals surface area contributed by atoms with Gasteiger partial charge in [0.2, 0.25) is 11.8 Å². The number of carbonyl (C=O) groups excluding carboxylic acids is 3. The van der Waals surface area contributed by atoms with Crippen LogP contribution >= 0.6 is 67.8 Å². The van der Waals surface area contributed by atoms with E-state index in [9.17, 15) is 19.5 Å². The van der Waals surface area contributed by atoms with Crippen LogP contribution in [0.2, 0.25) is 0 Å². The Morgan fingerprint density at radius 1 is 0.800 bits per heavy atom. The summed E-state index contributed by atoms with van der Waals surface area (Å²) in [5, 5.41) is 16.4. The minimum Gasteiger partial charge on any atom is -0.324 e. The molecule has 0 aromatic heterocycles. The molecule has 0 fully saturated rings. The van der Waals surface area contributed by atoms with Gasteiger partial charge in [0.1, 0.15) is 0 Å². The lowest BCUT2D eigenvalue weighted by Gasteiger charge is -2.17. The van der Waals surface area contributed by atoms with Gasteiger partial charge in [-0.25, -0.2) is 9.90 Å². The van der Waals surface area contributed by atoms with Crippen LogP contribution in [0.3, 0.4) is 0 Å². The average Bonchev–Trinajstić information content (AvgIpc) is 2.29. The van der Waals surface area contributed by atoms with E-state index in [0.717, 1.165) is 0 Å². The van der Waals surface area contributed by atoms with Gasteiger partial charge in [-0.1, -0.05) is 0 Å². The standard InChI is InChI=1S/C11H8I3N2O4/c1-3(17)15-9-6(12)5(11(19)20)7(13)10(8(9)14)16-4(2)18/h1-2H3,(H,15,17)(H,16,18). The monoisotopic (exact) mass is 613 g/mol. The summed E-state index contributed by atoms with van der Waals surface area (Å²) < 4.78 is 1.29. The van der Waals surface area contributed by atoms with E-state index >= 15 is 0 Å². The molecule has 0 atom stereocenters. The highest BCUT2D eigenvalue weighted by Crippen LogP contribution is 2.38. The minimum absolute atomic E-state index is 0.0564. The van der Waals surface area contributed by atoms with Crippen LogP contribution in [0, 0.1) is 10.7 Å². The van der Waals surface area contributed by atoms with Gasteiger partial charge >= 0.3 is 5.97 Å². The van der Waals surface area contributed by atoms with Gasteiger partial charge in [0.15, 0.2) is 0 Å². The SMILES string of the molecule is CC(=O)Nc1c(I)c(NC(C)=O)c(I)c(C([O])=O)c1I. The summed E-state index contributed by atoms with van der Waals surface area (Å²) >= 11 is 5.61. The van der Waals surface area contributed by atoms with Crippen LogP contribution < -0.4 is 10.6 Å². The molecule has 0 unspecified atom stereocenters. The van der Waals surface area contributed by atoms with Gasteiger partial charge in [0, 0.05) is 13.8 Å². The van der Waals surface area contributed by atoms with Crippen LogP contribution in [-0.4, -0.2) is 17.8 Å². The van der Waals surface area contributed by atoms with Crippen molar-refractivity contribution in [2.24, 2.45) is 0 Å². The highest BCUT2D eigenvalue weighted by molar-refractivity contribution is 14.1. The summed E-state index contributed by atoms with van der Waals surface area (Å²) in [6.07, 6.45) is 0. The Labute approximate surface area is 155 Å². The van der Waals surface area contributed by atoms with Crippen molar-refractivity contribution in [3.05, 3.63) is 16.3 Å². The first-order valence-electron chi connectivity index (χ1n) is 5.13. The van der Waals surface area contributed by atoms with E-state index in [4.69, 9.17) is 0 Å². The lowest BCUT2D eigenvalue weighted by atomic mass is 10.1. The second kappa shape index (κ2) is 7.20. The molecule has 0 aliphatic carbocycles. The smallest absolute Gasteiger partial charge is 0.324 e. The van der Waals surface area contributed by atoms with Crippen molar-refractivity contribution in [1.29, 1.82) is 0 Å². The zero-order chi connectivity index (χ0) is 15.6. The molecule has 2 N–H and O–H groups in total. The fraction of sp³-hybridized carbons (Fsp3) is 0.182. The van der Waals surface area contributed by atoms with E-state index in [2.05, 4.69) is 10.6 Å². The summed E-state index contributed by atoms with van der Waals surface area (Å²) in [5.41, 5.74) is 0.642. The quantitative estimate of drug-likeness (QED) is 0.514. The van der Waals surface area contributed by atoms with Crippen molar-refractivity contribution >= 4 is 96.9 Å². The van der Waals surface area contributed by atoms with Crippen LogP contribution in [-0.2, 0) is 14.7 Å². The molecule has 0 spiro atoms.